The largest absolute Gasteiger partial charge is 0.416 e. The SMILES string of the molecule is O=C(C[C@H]1CCC[C@H](OCc2cc(C(F)(F)F)cc(C(F)(F)F)c2)[C@@H]1c1ccccc1)NCc1ccncc1. The second kappa shape index (κ2) is 12.2. The molecular formula is C29H28F6N2O2. The molecule has 1 amide bonds. The van der Waals surface area contributed by atoms with E-state index >= 15 is 0 Å². The molecule has 10 heteroatoms. The van der Waals surface area contributed by atoms with Gasteiger partial charge in [0.1, 0.15) is 0 Å². The van der Waals surface area contributed by atoms with Crippen LogP contribution in [0.2, 0.25) is 0 Å². The maximum absolute atomic E-state index is 13.3. The Bertz CT molecular complexity index is 1200. The average molecular weight is 551 g/mol. The van der Waals surface area contributed by atoms with Crippen molar-refractivity contribution >= 4 is 5.91 Å². The van der Waals surface area contributed by atoms with E-state index in [0.29, 0.717) is 31.5 Å². The topological polar surface area (TPSA) is 51.2 Å². The van der Waals surface area contributed by atoms with Gasteiger partial charge in [-0.2, -0.15) is 26.3 Å². The maximum Gasteiger partial charge on any atom is 0.416 e. The van der Waals surface area contributed by atoms with Crippen LogP contribution in [0.15, 0.2) is 73.1 Å². The number of rotatable bonds is 8. The van der Waals surface area contributed by atoms with Gasteiger partial charge in [0.25, 0.3) is 0 Å². The molecule has 1 aliphatic carbocycles. The zero-order valence-corrected chi connectivity index (χ0v) is 20.9. The molecule has 3 atom stereocenters. The molecule has 1 fully saturated rings. The number of hydrogen-bond donors (Lipinski definition) is 1. The van der Waals surface area contributed by atoms with Crippen LogP contribution in [0.1, 0.15) is 59.4 Å². The molecule has 0 aliphatic heterocycles. The lowest BCUT2D eigenvalue weighted by Crippen LogP contribution is -2.36. The van der Waals surface area contributed by atoms with Crippen molar-refractivity contribution in [1.82, 2.24) is 10.3 Å². The van der Waals surface area contributed by atoms with Crippen molar-refractivity contribution in [2.45, 2.75) is 63.2 Å². The number of hydrogen-bond acceptors (Lipinski definition) is 3. The van der Waals surface area contributed by atoms with E-state index in [1.807, 2.05) is 30.3 Å². The van der Waals surface area contributed by atoms with Crippen LogP contribution in [0.5, 0.6) is 0 Å². The lowest BCUT2D eigenvalue weighted by molar-refractivity contribution is -0.143. The number of ether oxygens (including phenoxy) is 1. The summed E-state index contributed by atoms with van der Waals surface area (Å²) in [4.78, 5) is 16.8. The number of aromatic nitrogens is 1. The summed E-state index contributed by atoms with van der Waals surface area (Å²) in [5.41, 5.74) is -1.14. The summed E-state index contributed by atoms with van der Waals surface area (Å²) in [5, 5.41) is 2.91. The number of alkyl halides is 6. The van der Waals surface area contributed by atoms with Crippen molar-refractivity contribution in [3.63, 3.8) is 0 Å². The summed E-state index contributed by atoms with van der Waals surface area (Å²) in [7, 11) is 0. The summed E-state index contributed by atoms with van der Waals surface area (Å²) in [6.07, 6.45) is -4.83. The number of benzene rings is 2. The zero-order valence-electron chi connectivity index (χ0n) is 20.9. The first-order valence-electron chi connectivity index (χ1n) is 12.6. The Balaban J connectivity index is 1.51. The predicted octanol–water partition coefficient (Wildman–Crippen LogP) is 7.29. The predicted molar refractivity (Wildman–Crippen MR) is 132 cm³/mol. The third kappa shape index (κ3) is 7.81. The van der Waals surface area contributed by atoms with Gasteiger partial charge in [0.15, 0.2) is 0 Å². The summed E-state index contributed by atoms with van der Waals surface area (Å²) in [5.74, 6) is -0.513. The van der Waals surface area contributed by atoms with Crippen LogP contribution < -0.4 is 5.32 Å². The highest BCUT2D eigenvalue weighted by atomic mass is 19.4. The second-order valence-electron chi connectivity index (χ2n) is 9.73. The third-order valence-electron chi connectivity index (χ3n) is 6.95. The van der Waals surface area contributed by atoms with E-state index in [1.54, 1.807) is 24.5 Å². The molecule has 3 aromatic rings. The number of amides is 1. The molecule has 2 aromatic carbocycles. The number of carbonyl (C=O) groups is 1. The normalized spacial score (nSPS) is 20.0. The van der Waals surface area contributed by atoms with Gasteiger partial charge >= 0.3 is 12.4 Å². The van der Waals surface area contributed by atoms with Gasteiger partial charge in [-0.05, 0) is 65.8 Å². The molecule has 0 spiro atoms. The molecule has 1 heterocycles. The fourth-order valence-electron chi connectivity index (χ4n) is 5.14. The maximum atomic E-state index is 13.3. The van der Waals surface area contributed by atoms with Gasteiger partial charge < -0.3 is 10.1 Å². The summed E-state index contributed by atoms with van der Waals surface area (Å²) < 4.78 is 85.9. The van der Waals surface area contributed by atoms with Crippen molar-refractivity contribution in [2.75, 3.05) is 0 Å². The van der Waals surface area contributed by atoms with E-state index in [2.05, 4.69) is 10.3 Å². The highest BCUT2D eigenvalue weighted by molar-refractivity contribution is 5.76. The van der Waals surface area contributed by atoms with Gasteiger partial charge in [0.05, 0.1) is 23.8 Å². The van der Waals surface area contributed by atoms with Crippen molar-refractivity contribution in [3.8, 4) is 0 Å². The first kappa shape index (κ1) is 28.6. The van der Waals surface area contributed by atoms with Crippen molar-refractivity contribution in [1.29, 1.82) is 0 Å². The Labute approximate surface area is 222 Å². The van der Waals surface area contributed by atoms with Gasteiger partial charge in [-0.3, -0.25) is 9.78 Å². The van der Waals surface area contributed by atoms with Gasteiger partial charge in [0.2, 0.25) is 5.91 Å². The summed E-state index contributed by atoms with van der Waals surface area (Å²) >= 11 is 0. The lowest BCUT2D eigenvalue weighted by atomic mass is 9.72. The fourth-order valence-corrected chi connectivity index (χ4v) is 5.14. The third-order valence-corrected chi connectivity index (χ3v) is 6.95. The van der Waals surface area contributed by atoms with E-state index in [4.69, 9.17) is 4.74 Å². The van der Waals surface area contributed by atoms with Crippen LogP contribution >= 0.6 is 0 Å². The summed E-state index contributed by atoms with van der Waals surface area (Å²) in [6, 6.07) is 14.5. The van der Waals surface area contributed by atoms with E-state index in [0.717, 1.165) is 17.5 Å². The molecular weight excluding hydrogens is 522 g/mol. The molecule has 1 N–H and O–H groups in total. The number of halogens is 6. The number of pyridine rings is 1. The lowest BCUT2D eigenvalue weighted by Gasteiger charge is -2.38. The Morgan fingerprint density at radius 2 is 1.51 bits per heavy atom. The van der Waals surface area contributed by atoms with Gasteiger partial charge in [-0.25, -0.2) is 0 Å². The molecule has 1 aliphatic rings. The smallest absolute Gasteiger partial charge is 0.373 e. The van der Waals surface area contributed by atoms with E-state index in [9.17, 15) is 31.1 Å². The second-order valence-corrected chi connectivity index (χ2v) is 9.73. The van der Waals surface area contributed by atoms with Crippen LogP contribution in [-0.2, 0) is 35.0 Å². The van der Waals surface area contributed by atoms with Crippen LogP contribution in [0.25, 0.3) is 0 Å². The molecule has 208 valence electrons. The average Bonchev–Trinajstić information content (AvgIpc) is 2.91. The molecule has 0 bridgehead atoms. The quantitative estimate of drug-likeness (QED) is 0.300. The Morgan fingerprint density at radius 3 is 2.13 bits per heavy atom. The van der Waals surface area contributed by atoms with Crippen LogP contribution in [0.4, 0.5) is 26.3 Å². The van der Waals surface area contributed by atoms with Crippen LogP contribution in [-0.4, -0.2) is 17.0 Å². The Hall–Kier alpha value is -3.40. The number of carbonyl (C=O) groups excluding carboxylic acids is 1. The molecule has 1 aromatic heterocycles. The molecule has 0 unspecified atom stereocenters. The molecule has 0 radical (unpaired) electrons. The van der Waals surface area contributed by atoms with Crippen LogP contribution in [0, 0.1) is 5.92 Å². The minimum Gasteiger partial charge on any atom is -0.373 e. The number of nitrogens with one attached hydrogen (secondary N) is 1. The Morgan fingerprint density at radius 1 is 0.872 bits per heavy atom. The van der Waals surface area contributed by atoms with Crippen molar-refractivity contribution in [3.05, 3.63) is 101 Å². The zero-order chi connectivity index (χ0) is 28.0. The molecule has 0 saturated heterocycles. The highest BCUT2D eigenvalue weighted by Gasteiger charge is 2.38. The monoisotopic (exact) mass is 550 g/mol. The van der Waals surface area contributed by atoms with Crippen molar-refractivity contribution < 1.29 is 35.9 Å². The first-order valence-corrected chi connectivity index (χ1v) is 12.6. The molecule has 4 nitrogen and oxygen atoms in total. The molecule has 1 saturated carbocycles. The molecule has 4 rings (SSSR count). The minimum absolute atomic E-state index is 0.109. The molecule has 39 heavy (non-hydrogen) atoms. The van der Waals surface area contributed by atoms with E-state index < -0.39 is 36.2 Å². The van der Waals surface area contributed by atoms with Gasteiger partial charge in [-0.15, -0.1) is 0 Å². The fraction of sp³-hybridized carbons (Fsp3) is 0.379. The van der Waals surface area contributed by atoms with Gasteiger partial charge in [0, 0.05) is 31.3 Å². The highest BCUT2D eigenvalue weighted by Crippen LogP contribution is 2.42. The minimum atomic E-state index is -4.93. The Kier molecular flexibility index (Phi) is 8.94. The number of nitrogens with zero attached hydrogens (tertiary/aromatic N) is 1. The summed E-state index contributed by atoms with van der Waals surface area (Å²) in [6.45, 7) is -0.0664. The van der Waals surface area contributed by atoms with E-state index in [-0.39, 0.29) is 35.8 Å². The van der Waals surface area contributed by atoms with E-state index in [1.165, 1.54) is 0 Å². The van der Waals surface area contributed by atoms with Crippen LogP contribution in [0.3, 0.4) is 0 Å². The van der Waals surface area contributed by atoms with Gasteiger partial charge in [-0.1, -0.05) is 36.8 Å². The first-order chi connectivity index (χ1) is 18.5. The van der Waals surface area contributed by atoms with Crippen molar-refractivity contribution in [2.24, 2.45) is 5.92 Å². The standard InChI is InChI=1S/C29H28F6N2O2/c30-28(31,32)23-13-20(14-24(16-23)29(33,34)35)18-39-25-8-4-7-22(27(25)21-5-2-1-3-6-21)15-26(38)37-17-19-9-11-36-12-10-19/h1-3,5-6,9-14,16,22,25,27H,4,7-8,15,17-18H2,(H,37,38)/t22-,25+,27-/m1/s1.